The maximum Gasteiger partial charge on any atom is 0.254 e. The normalized spacial score (nSPS) is 11.1. The number of nitrogens with one attached hydrogen (secondary N) is 1. The van der Waals surface area contributed by atoms with E-state index in [1.807, 2.05) is 32.9 Å². The quantitative estimate of drug-likeness (QED) is 0.718. The summed E-state index contributed by atoms with van der Waals surface area (Å²) in [5.74, 6) is 0.626. The second-order valence-corrected chi connectivity index (χ2v) is 7.30. The van der Waals surface area contributed by atoms with E-state index in [9.17, 15) is 9.59 Å². The molecular formula is C18H20N4O3S. The van der Waals surface area contributed by atoms with E-state index in [1.165, 1.54) is 28.3 Å². The number of carbonyl (C=O) groups is 1. The number of aromatic nitrogens is 3. The Balaban J connectivity index is 1.62. The Hall–Kier alpha value is -2.74. The summed E-state index contributed by atoms with van der Waals surface area (Å²) in [5.41, 5.74) is 1.34. The fourth-order valence-electron chi connectivity index (χ4n) is 2.36. The largest absolute Gasteiger partial charge is 0.462 e. The van der Waals surface area contributed by atoms with Gasteiger partial charge in [-0.1, -0.05) is 13.8 Å². The Kier molecular flexibility index (Phi) is 5.32. The van der Waals surface area contributed by atoms with Crippen LogP contribution in [0.15, 0.2) is 40.0 Å². The van der Waals surface area contributed by atoms with E-state index in [0.29, 0.717) is 12.3 Å². The van der Waals surface area contributed by atoms with Crippen LogP contribution in [0, 0.1) is 6.92 Å². The van der Waals surface area contributed by atoms with Gasteiger partial charge in [-0.2, -0.15) is 0 Å². The first-order valence-corrected chi connectivity index (χ1v) is 9.09. The molecule has 0 spiro atoms. The van der Waals surface area contributed by atoms with Crippen LogP contribution < -0.4 is 10.9 Å². The summed E-state index contributed by atoms with van der Waals surface area (Å²) in [7, 11) is 0. The van der Waals surface area contributed by atoms with Crippen LogP contribution >= 0.6 is 11.3 Å². The Labute approximate surface area is 154 Å². The molecule has 3 aromatic heterocycles. The number of nitrogens with zero attached hydrogens (tertiary/aromatic N) is 3. The topological polar surface area (TPSA) is 90.0 Å². The van der Waals surface area contributed by atoms with E-state index in [0.717, 1.165) is 21.3 Å². The van der Waals surface area contributed by atoms with Crippen LogP contribution in [0.25, 0.3) is 10.8 Å². The second-order valence-electron chi connectivity index (χ2n) is 6.22. The molecule has 136 valence electrons. The van der Waals surface area contributed by atoms with Gasteiger partial charge in [0, 0.05) is 10.9 Å². The molecule has 0 aliphatic carbocycles. The lowest BCUT2D eigenvalue weighted by Gasteiger charge is -2.08. The van der Waals surface area contributed by atoms with Gasteiger partial charge in [0.15, 0.2) is 10.8 Å². The van der Waals surface area contributed by atoms with Crippen molar-refractivity contribution in [3.63, 3.8) is 0 Å². The molecule has 0 fully saturated rings. The van der Waals surface area contributed by atoms with Crippen LogP contribution in [-0.2, 0) is 17.9 Å². The van der Waals surface area contributed by atoms with Gasteiger partial charge in [0.2, 0.25) is 5.91 Å². The highest BCUT2D eigenvalue weighted by Gasteiger charge is 2.13. The molecule has 0 unspecified atom stereocenters. The summed E-state index contributed by atoms with van der Waals surface area (Å²) >= 11 is 1.47. The second kappa shape index (κ2) is 7.65. The molecule has 0 saturated heterocycles. The van der Waals surface area contributed by atoms with Crippen LogP contribution in [0.5, 0.6) is 0 Å². The van der Waals surface area contributed by atoms with Crippen molar-refractivity contribution in [1.29, 1.82) is 0 Å². The molecule has 1 N–H and O–H groups in total. The number of thiazole rings is 1. The van der Waals surface area contributed by atoms with Gasteiger partial charge in [-0.25, -0.2) is 9.97 Å². The molecule has 8 heteroatoms. The lowest BCUT2D eigenvalue weighted by molar-refractivity contribution is -0.121. The van der Waals surface area contributed by atoms with Gasteiger partial charge in [0.05, 0.1) is 30.5 Å². The molecule has 0 aliphatic rings. The van der Waals surface area contributed by atoms with Crippen LogP contribution in [0.1, 0.15) is 36.0 Å². The van der Waals surface area contributed by atoms with Crippen molar-refractivity contribution in [3.8, 4) is 10.8 Å². The van der Waals surface area contributed by atoms with E-state index in [4.69, 9.17) is 4.42 Å². The Morgan fingerprint density at radius 1 is 1.42 bits per heavy atom. The highest BCUT2D eigenvalue weighted by molar-refractivity contribution is 7.15. The minimum absolute atomic E-state index is 0.0624. The molecule has 0 bridgehead atoms. The predicted octanol–water partition coefficient (Wildman–Crippen LogP) is 2.71. The first kappa shape index (κ1) is 18.1. The molecule has 3 heterocycles. The summed E-state index contributed by atoms with van der Waals surface area (Å²) in [5, 5.41) is 3.60. The summed E-state index contributed by atoms with van der Waals surface area (Å²) in [6, 6.07) is 5.13. The number of rotatable bonds is 6. The average molecular weight is 372 g/mol. The van der Waals surface area contributed by atoms with E-state index >= 15 is 0 Å². The fraction of sp³-hybridized carbons (Fsp3) is 0.333. The van der Waals surface area contributed by atoms with Crippen LogP contribution in [0.4, 0.5) is 0 Å². The summed E-state index contributed by atoms with van der Waals surface area (Å²) < 4.78 is 6.65. The number of amides is 1. The third-order valence-electron chi connectivity index (χ3n) is 3.88. The molecule has 0 aliphatic heterocycles. The summed E-state index contributed by atoms with van der Waals surface area (Å²) in [6.45, 7) is 6.12. The van der Waals surface area contributed by atoms with E-state index in [-0.39, 0.29) is 23.9 Å². The summed E-state index contributed by atoms with van der Waals surface area (Å²) in [6.07, 6.45) is 3.02. The van der Waals surface area contributed by atoms with Crippen molar-refractivity contribution in [3.05, 3.63) is 57.4 Å². The van der Waals surface area contributed by atoms with Gasteiger partial charge in [-0.3, -0.25) is 14.2 Å². The van der Waals surface area contributed by atoms with Crippen LogP contribution in [0.3, 0.4) is 0 Å². The first-order valence-electron chi connectivity index (χ1n) is 8.27. The zero-order valence-corrected chi connectivity index (χ0v) is 15.7. The number of furan rings is 1. The minimum Gasteiger partial charge on any atom is -0.462 e. The maximum absolute atomic E-state index is 12.2. The number of hydrogen-bond acceptors (Lipinski definition) is 6. The Morgan fingerprint density at radius 2 is 2.23 bits per heavy atom. The van der Waals surface area contributed by atoms with Gasteiger partial charge in [-0.15, -0.1) is 11.3 Å². The highest BCUT2D eigenvalue weighted by Crippen LogP contribution is 2.27. The van der Waals surface area contributed by atoms with Crippen molar-refractivity contribution in [2.75, 3.05) is 0 Å². The molecule has 3 aromatic rings. The molecule has 3 rings (SSSR count). The van der Waals surface area contributed by atoms with Crippen LogP contribution in [-0.4, -0.2) is 20.4 Å². The molecule has 0 radical (unpaired) electrons. The van der Waals surface area contributed by atoms with E-state index in [1.54, 1.807) is 6.26 Å². The van der Waals surface area contributed by atoms with Gasteiger partial charge in [-0.05, 0) is 25.0 Å². The molecule has 1 amide bonds. The predicted molar refractivity (Wildman–Crippen MR) is 99.0 cm³/mol. The average Bonchev–Trinajstić information content (AvgIpc) is 3.24. The molecule has 0 saturated carbocycles. The highest BCUT2D eigenvalue weighted by atomic mass is 32.1. The SMILES string of the molecule is Cc1nc(-c2ccco2)sc1CNC(=O)Cn1cnc(C(C)C)cc1=O. The molecule has 0 aromatic carbocycles. The maximum atomic E-state index is 12.2. The van der Waals surface area contributed by atoms with Crippen molar-refractivity contribution in [1.82, 2.24) is 19.9 Å². The lowest BCUT2D eigenvalue weighted by Crippen LogP contribution is -2.32. The Bertz CT molecular complexity index is 957. The fourth-order valence-corrected chi connectivity index (χ4v) is 3.33. The van der Waals surface area contributed by atoms with E-state index < -0.39 is 0 Å². The minimum atomic E-state index is -0.251. The van der Waals surface area contributed by atoms with Crippen molar-refractivity contribution in [2.24, 2.45) is 0 Å². The van der Waals surface area contributed by atoms with E-state index in [2.05, 4.69) is 15.3 Å². The zero-order valence-electron chi connectivity index (χ0n) is 14.9. The smallest absolute Gasteiger partial charge is 0.254 e. The number of carbonyl (C=O) groups excluding carboxylic acids is 1. The molecule has 7 nitrogen and oxygen atoms in total. The van der Waals surface area contributed by atoms with Crippen LogP contribution in [0.2, 0.25) is 0 Å². The Morgan fingerprint density at radius 3 is 2.88 bits per heavy atom. The standard InChI is InChI=1S/C18H20N4O3S/c1-11(2)13-7-17(24)22(10-20-13)9-16(23)19-8-15-12(3)21-18(26-15)14-5-4-6-25-14/h4-7,10-11H,8-9H2,1-3H3,(H,19,23). The first-order chi connectivity index (χ1) is 12.4. The molecular weight excluding hydrogens is 352 g/mol. The lowest BCUT2D eigenvalue weighted by atomic mass is 10.1. The number of aryl methyl sites for hydroxylation is 1. The third-order valence-corrected chi connectivity index (χ3v) is 5.05. The van der Waals surface area contributed by atoms with Crippen molar-refractivity contribution < 1.29 is 9.21 Å². The van der Waals surface area contributed by atoms with Gasteiger partial charge in [0.25, 0.3) is 5.56 Å². The molecule has 0 atom stereocenters. The molecule has 26 heavy (non-hydrogen) atoms. The zero-order chi connectivity index (χ0) is 18.7. The van der Waals surface area contributed by atoms with Gasteiger partial charge >= 0.3 is 0 Å². The van der Waals surface area contributed by atoms with Gasteiger partial charge < -0.3 is 9.73 Å². The van der Waals surface area contributed by atoms with Crippen molar-refractivity contribution in [2.45, 2.75) is 39.8 Å². The number of hydrogen-bond donors (Lipinski definition) is 1. The van der Waals surface area contributed by atoms with Gasteiger partial charge in [0.1, 0.15) is 6.54 Å². The van der Waals surface area contributed by atoms with Crippen molar-refractivity contribution >= 4 is 17.2 Å². The third kappa shape index (κ3) is 4.08. The monoisotopic (exact) mass is 372 g/mol. The summed E-state index contributed by atoms with van der Waals surface area (Å²) in [4.78, 5) is 33.9.